The van der Waals surface area contributed by atoms with Crippen molar-refractivity contribution >= 4 is 6.21 Å². The van der Waals surface area contributed by atoms with E-state index in [4.69, 9.17) is 4.84 Å². The highest BCUT2D eigenvalue weighted by Crippen LogP contribution is 2.10. The van der Waals surface area contributed by atoms with Gasteiger partial charge in [0.2, 0.25) is 0 Å². The molecule has 12 heavy (non-hydrogen) atoms. The summed E-state index contributed by atoms with van der Waals surface area (Å²) in [7, 11) is 0. The van der Waals surface area contributed by atoms with Crippen LogP contribution in [0, 0.1) is 5.92 Å². The molecule has 0 radical (unpaired) electrons. The SMILES string of the molecule is C1=NOCC1Cc1ccccc1. The van der Waals surface area contributed by atoms with E-state index in [1.54, 1.807) is 0 Å². The van der Waals surface area contributed by atoms with Gasteiger partial charge in [-0.15, -0.1) is 0 Å². The number of oxime groups is 1. The Morgan fingerprint density at radius 3 is 2.83 bits per heavy atom. The lowest BCUT2D eigenvalue weighted by atomic mass is 10.0. The summed E-state index contributed by atoms with van der Waals surface area (Å²) in [5, 5.41) is 3.74. The molecule has 0 aromatic heterocycles. The minimum atomic E-state index is 0.465. The van der Waals surface area contributed by atoms with Gasteiger partial charge in [0, 0.05) is 5.92 Å². The lowest BCUT2D eigenvalue weighted by Gasteiger charge is -2.03. The van der Waals surface area contributed by atoms with E-state index in [9.17, 15) is 0 Å². The molecule has 0 fully saturated rings. The number of rotatable bonds is 2. The molecule has 1 aliphatic heterocycles. The summed E-state index contributed by atoms with van der Waals surface area (Å²) in [5.41, 5.74) is 1.35. The van der Waals surface area contributed by atoms with Gasteiger partial charge >= 0.3 is 0 Å². The molecule has 1 aromatic carbocycles. The molecule has 1 aliphatic rings. The second kappa shape index (κ2) is 3.39. The summed E-state index contributed by atoms with van der Waals surface area (Å²) in [6.07, 6.45) is 2.91. The summed E-state index contributed by atoms with van der Waals surface area (Å²) in [6, 6.07) is 10.4. The van der Waals surface area contributed by atoms with Gasteiger partial charge in [0.1, 0.15) is 6.61 Å². The monoisotopic (exact) mass is 161 g/mol. The van der Waals surface area contributed by atoms with Crippen LogP contribution in [0.1, 0.15) is 5.56 Å². The predicted molar refractivity (Wildman–Crippen MR) is 48.1 cm³/mol. The average Bonchev–Trinajstić information content (AvgIpc) is 2.59. The molecule has 0 saturated carbocycles. The van der Waals surface area contributed by atoms with Gasteiger partial charge in [-0.3, -0.25) is 0 Å². The van der Waals surface area contributed by atoms with Crippen molar-refractivity contribution in [3.63, 3.8) is 0 Å². The van der Waals surface area contributed by atoms with Gasteiger partial charge in [-0.2, -0.15) is 0 Å². The Bertz CT molecular complexity index is 268. The lowest BCUT2D eigenvalue weighted by molar-refractivity contribution is 0.154. The molecule has 1 atom stereocenters. The fraction of sp³-hybridized carbons (Fsp3) is 0.300. The Labute approximate surface area is 71.8 Å². The van der Waals surface area contributed by atoms with E-state index in [-0.39, 0.29) is 0 Å². The fourth-order valence-electron chi connectivity index (χ4n) is 1.34. The van der Waals surface area contributed by atoms with Gasteiger partial charge in [0.15, 0.2) is 0 Å². The van der Waals surface area contributed by atoms with Crippen LogP contribution >= 0.6 is 0 Å². The normalized spacial score (nSPS) is 20.8. The van der Waals surface area contributed by atoms with Crippen LogP contribution in [0.4, 0.5) is 0 Å². The molecule has 0 amide bonds. The largest absolute Gasteiger partial charge is 0.395 e. The molecule has 0 N–H and O–H groups in total. The van der Waals surface area contributed by atoms with Gasteiger partial charge < -0.3 is 4.84 Å². The molecule has 1 unspecified atom stereocenters. The van der Waals surface area contributed by atoms with E-state index in [0.717, 1.165) is 13.0 Å². The van der Waals surface area contributed by atoms with Crippen molar-refractivity contribution in [1.82, 2.24) is 0 Å². The number of hydrogen-bond donors (Lipinski definition) is 0. The molecule has 0 saturated heterocycles. The Balaban J connectivity index is 1.99. The zero-order valence-corrected chi connectivity index (χ0v) is 6.81. The van der Waals surface area contributed by atoms with E-state index >= 15 is 0 Å². The zero-order valence-electron chi connectivity index (χ0n) is 6.81. The minimum absolute atomic E-state index is 0.465. The number of benzene rings is 1. The van der Waals surface area contributed by atoms with Gasteiger partial charge in [0.05, 0.1) is 6.21 Å². The van der Waals surface area contributed by atoms with Gasteiger partial charge in [-0.25, -0.2) is 0 Å². The van der Waals surface area contributed by atoms with Crippen LogP contribution in [0.25, 0.3) is 0 Å². The second-order valence-corrected chi connectivity index (χ2v) is 3.00. The molecule has 2 rings (SSSR count). The van der Waals surface area contributed by atoms with E-state index in [2.05, 4.69) is 29.4 Å². The van der Waals surface area contributed by atoms with Crippen molar-refractivity contribution in [3.8, 4) is 0 Å². The summed E-state index contributed by atoms with van der Waals surface area (Å²) in [4.78, 5) is 4.90. The second-order valence-electron chi connectivity index (χ2n) is 3.00. The van der Waals surface area contributed by atoms with Gasteiger partial charge in [-0.05, 0) is 12.0 Å². The maximum Gasteiger partial charge on any atom is 0.125 e. The molecular weight excluding hydrogens is 150 g/mol. The highest BCUT2D eigenvalue weighted by molar-refractivity contribution is 5.62. The van der Waals surface area contributed by atoms with Crippen molar-refractivity contribution in [2.24, 2.45) is 11.1 Å². The highest BCUT2D eigenvalue weighted by atomic mass is 16.6. The Morgan fingerprint density at radius 2 is 2.17 bits per heavy atom. The Morgan fingerprint density at radius 1 is 1.33 bits per heavy atom. The highest BCUT2D eigenvalue weighted by Gasteiger charge is 2.11. The smallest absolute Gasteiger partial charge is 0.125 e. The van der Waals surface area contributed by atoms with Crippen LogP contribution in [0.5, 0.6) is 0 Å². The van der Waals surface area contributed by atoms with Gasteiger partial charge in [-0.1, -0.05) is 35.5 Å². The molecular formula is C10H11NO. The standard InChI is InChI=1S/C10H11NO/c1-2-4-9(5-3-1)6-10-7-11-12-8-10/h1-5,7,10H,6,8H2. The van der Waals surface area contributed by atoms with Crippen LogP contribution in [-0.2, 0) is 11.3 Å². The van der Waals surface area contributed by atoms with Gasteiger partial charge in [0.25, 0.3) is 0 Å². The summed E-state index contributed by atoms with van der Waals surface area (Å²) >= 11 is 0. The van der Waals surface area contributed by atoms with Crippen LogP contribution in [0.2, 0.25) is 0 Å². The topological polar surface area (TPSA) is 21.6 Å². The quantitative estimate of drug-likeness (QED) is 0.648. The lowest BCUT2D eigenvalue weighted by Crippen LogP contribution is -2.06. The third-order valence-electron chi connectivity index (χ3n) is 1.98. The summed E-state index contributed by atoms with van der Waals surface area (Å²) in [6.45, 7) is 0.731. The molecule has 0 aliphatic carbocycles. The maximum absolute atomic E-state index is 4.90. The van der Waals surface area contributed by atoms with Crippen molar-refractivity contribution < 1.29 is 4.84 Å². The first-order valence-electron chi connectivity index (χ1n) is 4.14. The van der Waals surface area contributed by atoms with Crippen molar-refractivity contribution in [1.29, 1.82) is 0 Å². The van der Waals surface area contributed by atoms with Crippen LogP contribution in [-0.4, -0.2) is 12.8 Å². The maximum atomic E-state index is 4.90. The molecule has 2 nitrogen and oxygen atoms in total. The fourth-order valence-corrected chi connectivity index (χ4v) is 1.34. The van der Waals surface area contributed by atoms with E-state index < -0.39 is 0 Å². The molecule has 1 aromatic rings. The summed E-state index contributed by atoms with van der Waals surface area (Å²) in [5.74, 6) is 0.465. The number of nitrogens with zero attached hydrogens (tertiary/aromatic N) is 1. The molecule has 2 heteroatoms. The molecule has 1 heterocycles. The minimum Gasteiger partial charge on any atom is -0.395 e. The number of hydrogen-bond acceptors (Lipinski definition) is 2. The van der Waals surface area contributed by atoms with Crippen molar-refractivity contribution in [2.45, 2.75) is 6.42 Å². The van der Waals surface area contributed by atoms with Crippen LogP contribution in [0.15, 0.2) is 35.5 Å². The third-order valence-corrected chi connectivity index (χ3v) is 1.98. The Hall–Kier alpha value is -1.31. The van der Waals surface area contributed by atoms with Crippen LogP contribution in [0.3, 0.4) is 0 Å². The third kappa shape index (κ3) is 1.64. The summed E-state index contributed by atoms with van der Waals surface area (Å²) < 4.78 is 0. The average molecular weight is 161 g/mol. The van der Waals surface area contributed by atoms with Crippen molar-refractivity contribution in [2.75, 3.05) is 6.61 Å². The Kier molecular flexibility index (Phi) is 2.08. The molecule has 0 spiro atoms. The van der Waals surface area contributed by atoms with Crippen LogP contribution < -0.4 is 0 Å². The van der Waals surface area contributed by atoms with Crippen molar-refractivity contribution in [3.05, 3.63) is 35.9 Å². The zero-order chi connectivity index (χ0) is 8.23. The molecule has 62 valence electrons. The van der Waals surface area contributed by atoms with E-state index in [0.29, 0.717) is 5.92 Å². The first-order chi connectivity index (χ1) is 5.95. The van der Waals surface area contributed by atoms with E-state index in [1.807, 2.05) is 12.3 Å². The molecule has 0 bridgehead atoms. The van der Waals surface area contributed by atoms with E-state index in [1.165, 1.54) is 5.56 Å². The first kappa shape index (κ1) is 7.35. The first-order valence-corrected chi connectivity index (χ1v) is 4.14. The predicted octanol–water partition coefficient (Wildman–Crippen LogP) is 1.86.